The molecule has 0 aliphatic carbocycles. The van der Waals surface area contributed by atoms with E-state index < -0.39 is 0 Å². The van der Waals surface area contributed by atoms with Crippen molar-refractivity contribution in [3.63, 3.8) is 0 Å². The molecule has 1 aromatic rings. The molecule has 0 spiro atoms. The van der Waals surface area contributed by atoms with Crippen molar-refractivity contribution in [2.24, 2.45) is 12.9 Å². The molecular weight excluding hydrogens is 232 g/mol. The van der Waals surface area contributed by atoms with Crippen LogP contribution in [-0.2, 0) is 13.6 Å². The van der Waals surface area contributed by atoms with Crippen LogP contribution in [0, 0.1) is 0 Å². The van der Waals surface area contributed by atoms with Gasteiger partial charge >= 0.3 is 5.69 Å². The number of hydrazine groups is 1. The van der Waals surface area contributed by atoms with Crippen LogP contribution in [0.2, 0.25) is 0 Å². The van der Waals surface area contributed by atoms with E-state index in [0.29, 0.717) is 6.54 Å². The van der Waals surface area contributed by atoms with Gasteiger partial charge in [0.15, 0.2) is 0 Å². The van der Waals surface area contributed by atoms with Crippen molar-refractivity contribution in [1.29, 1.82) is 0 Å². The number of nitrogens with zero attached hydrogens (tertiary/aromatic N) is 2. The maximum Gasteiger partial charge on any atom is 0.330 e. The lowest BCUT2D eigenvalue weighted by Gasteiger charge is -2.05. The highest BCUT2D eigenvalue weighted by Gasteiger charge is 2.01. The van der Waals surface area contributed by atoms with Gasteiger partial charge in [0.05, 0.1) is 0 Å². The highest BCUT2D eigenvalue weighted by atomic mass is 16.2. The zero-order chi connectivity index (χ0) is 14.0. The predicted octanol–water partition coefficient (Wildman–Crippen LogP) is 0.207. The van der Waals surface area contributed by atoms with Gasteiger partial charge < -0.3 is 4.57 Å². The Bertz CT molecular complexity index is 436. The minimum Gasteiger partial charge on any atom is -0.303 e. The quantitative estimate of drug-likeness (QED) is 0.448. The van der Waals surface area contributed by atoms with E-state index in [9.17, 15) is 9.59 Å². The molecule has 3 N–H and O–H groups in total. The van der Waals surface area contributed by atoms with Crippen molar-refractivity contribution in [2.75, 3.05) is 7.05 Å². The summed E-state index contributed by atoms with van der Waals surface area (Å²) in [4.78, 5) is 23.0. The molecule has 6 heteroatoms. The SMILES string of the molecule is CCCCCCn1c(=O)ccn(C)c1=O.CNN. The highest BCUT2D eigenvalue weighted by Crippen LogP contribution is 1.98. The number of hydrogen-bond acceptors (Lipinski definition) is 4. The third-order valence-corrected chi connectivity index (χ3v) is 2.47. The average molecular weight is 256 g/mol. The molecule has 0 amide bonds. The van der Waals surface area contributed by atoms with Crippen LogP contribution in [0.1, 0.15) is 32.6 Å². The molecule has 6 nitrogen and oxygen atoms in total. The standard InChI is InChI=1S/C11H18N2O2.CH6N2/c1-3-4-5-6-8-13-10(14)7-9-12(2)11(13)15;1-3-2/h7,9H,3-6,8H2,1-2H3;3H,2H2,1H3. The second-order valence-electron chi connectivity index (χ2n) is 4.05. The van der Waals surface area contributed by atoms with E-state index in [0.717, 1.165) is 25.7 Å². The fraction of sp³-hybridized carbons (Fsp3) is 0.667. The molecule has 1 heterocycles. The van der Waals surface area contributed by atoms with E-state index in [-0.39, 0.29) is 11.2 Å². The molecule has 104 valence electrons. The highest BCUT2D eigenvalue weighted by molar-refractivity contribution is 4.85. The van der Waals surface area contributed by atoms with Gasteiger partial charge in [-0.25, -0.2) is 4.79 Å². The van der Waals surface area contributed by atoms with Crippen molar-refractivity contribution in [3.8, 4) is 0 Å². The van der Waals surface area contributed by atoms with E-state index in [4.69, 9.17) is 0 Å². The van der Waals surface area contributed by atoms with E-state index in [1.807, 2.05) is 0 Å². The van der Waals surface area contributed by atoms with Crippen molar-refractivity contribution in [1.82, 2.24) is 14.6 Å². The van der Waals surface area contributed by atoms with Crippen LogP contribution in [-0.4, -0.2) is 16.2 Å². The van der Waals surface area contributed by atoms with Crippen LogP contribution in [0.3, 0.4) is 0 Å². The Morgan fingerprint density at radius 2 is 1.89 bits per heavy atom. The van der Waals surface area contributed by atoms with Gasteiger partial charge in [0.1, 0.15) is 0 Å². The molecule has 0 aliphatic heterocycles. The Morgan fingerprint density at radius 1 is 1.28 bits per heavy atom. The molecule has 0 unspecified atom stereocenters. The molecule has 0 saturated heterocycles. The maximum atomic E-state index is 11.6. The minimum absolute atomic E-state index is 0.199. The number of rotatable bonds is 5. The summed E-state index contributed by atoms with van der Waals surface area (Å²) in [6.45, 7) is 2.67. The Kier molecular flexibility index (Phi) is 8.86. The van der Waals surface area contributed by atoms with Crippen LogP contribution in [0.15, 0.2) is 21.9 Å². The molecule has 0 atom stereocenters. The third kappa shape index (κ3) is 5.79. The van der Waals surface area contributed by atoms with Crippen LogP contribution < -0.4 is 22.5 Å². The molecule has 1 rings (SSSR count). The fourth-order valence-electron chi connectivity index (χ4n) is 1.52. The van der Waals surface area contributed by atoms with Crippen molar-refractivity contribution >= 4 is 0 Å². The third-order valence-electron chi connectivity index (χ3n) is 2.47. The molecule has 0 radical (unpaired) electrons. The lowest BCUT2D eigenvalue weighted by molar-refractivity contribution is 0.533. The van der Waals surface area contributed by atoms with Gasteiger partial charge in [-0.1, -0.05) is 26.2 Å². The Hall–Kier alpha value is -1.40. The summed E-state index contributed by atoms with van der Waals surface area (Å²) in [6.07, 6.45) is 5.78. The summed E-state index contributed by atoms with van der Waals surface area (Å²) in [5.41, 5.74) is 1.83. The monoisotopic (exact) mass is 256 g/mol. The van der Waals surface area contributed by atoms with E-state index in [2.05, 4.69) is 18.2 Å². The van der Waals surface area contributed by atoms with E-state index in [1.165, 1.54) is 21.4 Å². The number of unbranched alkanes of at least 4 members (excludes halogenated alkanes) is 3. The topological polar surface area (TPSA) is 82.0 Å². The molecular formula is C12H24N4O2. The van der Waals surface area contributed by atoms with Gasteiger partial charge in [0.2, 0.25) is 0 Å². The minimum atomic E-state index is -0.223. The molecule has 0 fully saturated rings. The summed E-state index contributed by atoms with van der Waals surface area (Å²) < 4.78 is 2.73. The van der Waals surface area contributed by atoms with Crippen molar-refractivity contribution in [2.45, 2.75) is 39.2 Å². The summed E-state index contributed by atoms with van der Waals surface area (Å²) in [7, 11) is 3.31. The summed E-state index contributed by atoms with van der Waals surface area (Å²) in [5.74, 6) is 4.60. The Labute approximate surface area is 107 Å². The van der Waals surface area contributed by atoms with Gasteiger partial charge in [0, 0.05) is 25.9 Å². The van der Waals surface area contributed by atoms with Crippen LogP contribution in [0.4, 0.5) is 0 Å². The van der Waals surface area contributed by atoms with Gasteiger partial charge in [-0.2, -0.15) is 0 Å². The molecule has 0 bridgehead atoms. The van der Waals surface area contributed by atoms with Crippen LogP contribution >= 0.6 is 0 Å². The Balaban J connectivity index is 0.000000873. The number of aryl methyl sites for hydroxylation is 1. The molecule has 18 heavy (non-hydrogen) atoms. The molecule has 0 saturated carbocycles. The maximum absolute atomic E-state index is 11.6. The first-order valence-electron chi connectivity index (χ1n) is 6.22. The summed E-state index contributed by atoms with van der Waals surface area (Å²) in [6, 6.07) is 1.43. The summed E-state index contributed by atoms with van der Waals surface area (Å²) >= 11 is 0. The van der Waals surface area contributed by atoms with Crippen LogP contribution in [0.5, 0.6) is 0 Å². The van der Waals surface area contributed by atoms with Gasteiger partial charge in [0.25, 0.3) is 5.56 Å². The van der Waals surface area contributed by atoms with Crippen molar-refractivity contribution in [3.05, 3.63) is 33.1 Å². The lowest BCUT2D eigenvalue weighted by atomic mass is 10.2. The normalized spacial score (nSPS) is 9.78. The molecule has 0 aliphatic rings. The number of nitrogens with one attached hydrogen (secondary N) is 1. The number of hydrogen-bond donors (Lipinski definition) is 2. The number of nitrogens with two attached hydrogens (primary N) is 1. The van der Waals surface area contributed by atoms with Crippen LogP contribution in [0.25, 0.3) is 0 Å². The van der Waals surface area contributed by atoms with Crippen molar-refractivity contribution < 1.29 is 0 Å². The second-order valence-corrected chi connectivity index (χ2v) is 4.05. The first kappa shape index (κ1) is 16.6. The van der Waals surface area contributed by atoms with Gasteiger partial charge in [-0.3, -0.25) is 20.6 Å². The lowest BCUT2D eigenvalue weighted by Crippen LogP contribution is -2.37. The zero-order valence-corrected chi connectivity index (χ0v) is 11.5. The zero-order valence-electron chi connectivity index (χ0n) is 11.5. The average Bonchev–Trinajstić information content (AvgIpc) is 2.34. The Morgan fingerprint density at radius 3 is 2.44 bits per heavy atom. The smallest absolute Gasteiger partial charge is 0.303 e. The van der Waals surface area contributed by atoms with Gasteiger partial charge in [-0.15, -0.1) is 0 Å². The van der Waals surface area contributed by atoms with Gasteiger partial charge in [-0.05, 0) is 13.5 Å². The first-order valence-corrected chi connectivity index (χ1v) is 6.22. The van der Waals surface area contributed by atoms with E-state index in [1.54, 1.807) is 14.1 Å². The second kappa shape index (κ2) is 9.61. The molecule has 1 aromatic heterocycles. The molecule has 0 aromatic carbocycles. The first-order chi connectivity index (χ1) is 8.58. The predicted molar refractivity (Wildman–Crippen MR) is 73.3 cm³/mol. The number of aromatic nitrogens is 2. The largest absolute Gasteiger partial charge is 0.330 e. The summed E-state index contributed by atoms with van der Waals surface area (Å²) in [5, 5.41) is 0. The fourth-order valence-corrected chi connectivity index (χ4v) is 1.52. The van der Waals surface area contributed by atoms with E-state index >= 15 is 0 Å².